The maximum Gasteiger partial charge on any atom is 0.265 e. The Morgan fingerprint density at radius 1 is 1.22 bits per heavy atom. The second-order valence-corrected chi connectivity index (χ2v) is 6.00. The largest absolute Gasteiger partial charge is 0.482 e. The lowest BCUT2D eigenvalue weighted by Gasteiger charge is -2.28. The molecule has 4 rings (SSSR count). The third-order valence-corrected chi connectivity index (χ3v) is 4.04. The van der Waals surface area contributed by atoms with Crippen molar-refractivity contribution in [2.45, 2.75) is 6.92 Å². The van der Waals surface area contributed by atoms with E-state index in [9.17, 15) is 9.59 Å². The van der Waals surface area contributed by atoms with Crippen molar-refractivity contribution < 1.29 is 18.8 Å². The summed E-state index contributed by atoms with van der Waals surface area (Å²) < 4.78 is 10.4. The number of carbonyl (C=O) groups excluding carboxylic acids is 2. The van der Waals surface area contributed by atoms with Gasteiger partial charge in [0.1, 0.15) is 12.3 Å². The number of nitrogens with one attached hydrogen (secondary N) is 1. The first-order chi connectivity index (χ1) is 13.1. The predicted molar refractivity (Wildman–Crippen MR) is 97.4 cm³/mol. The van der Waals surface area contributed by atoms with Crippen LogP contribution in [0.2, 0.25) is 0 Å². The Kier molecular flexibility index (Phi) is 4.29. The van der Waals surface area contributed by atoms with Crippen LogP contribution in [0.3, 0.4) is 0 Å². The van der Waals surface area contributed by atoms with Gasteiger partial charge in [-0.2, -0.15) is 4.98 Å². The van der Waals surface area contributed by atoms with E-state index in [4.69, 9.17) is 9.26 Å². The van der Waals surface area contributed by atoms with Gasteiger partial charge in [0.05, 0.1) is 5.69 Å². The van der Waals surface area contributed by atoms with E-state index >= 15 is 0 Å². The van der Waals surface area contributed by atoms with Crippen LogP contribution in [0.5, 0.6) is 5.75 Å². The van der Waals surface area contributed by atoms with Crippen molar-refractivity contribution in [2.24, 2.45) is 0 Å². The first-order valence-corrected chi connectivity index (χ1v) is 8.33. The highest BCUT2D eigenvalue weighted by Crippen LogP contribution is 2.31. The highest BCUT2D eigenvalue weighted by molar-refractivity contribution is 6.05. The fourth-order valence-electron chi connectivity index (χ4n) is 2.82. The SMILES string of the molecule is Cc1nc(-c2cccc(NC(=O)CN3C(=O)COc4ccccc43)c2)no1. The van der Waals surface area contributed by atoms with Gasteiger partial charge >= 0.3 is 0 Å². The van der Waals surface area contributed by atoms with Crippen LogP contribution in [0.25, 0.3) is 11.4 Å². The lowest BCUT2D eigenvalue weighted by Crippen LogP contribution is -2.43. The fraction of sp³-hybridized carbons (Fsp3) is 0.158. The standard InChI is InChI=1S/C19H16N4O4/c1-12-20-19(22-27-12)13-5-4-6-14(9-13)21-17(24)10-23-15-7-2-3-8-16(15)26-11-18(23)25/h2-9H,10-11H2,1H3,(H,21,24). The maximum atomic E-state index is 12.5. The summed E-state index contributed by atoms with van der Waals surface area (Å²) in [5.41, 5.74) is 1.88. The van der Waals surface area contributed by atoms with Crippen LogP contribution in [0.1, 0.15) is 5.89 Å². The minimum Gasteiger partial charge on any atom is -0.482 e. The molecular formula is C19H16N4O4. The number of aryl methyl sites for hydroxylation is 1. The number of nitrogens with zero attached hydrogens (tertiary/aromatic N) is 3. The molecule has 136 valence electrons. The van der Waals surface area contributed by atoms with Crippen molar-refractivity contribution in [3.63, 3.8) is 0 Å². The molecule has 2 aromatic carbocycles. The average molecular weight is 364 g/mol. The van der Waals surface area contributed by atoms with Gasteiger partial charge in [0.25, 0.3) is 5.91 Å². The first kappa shape index (κ1) is 16.8. The number of benzene rings is 2. The molecule has 0 radical (unpaired) electrons. The van der Waals surface area contributed by atoms with Crippen molar-refractivity contribution >= 4 is 23.2 Å². The molecule has 0 saturated heterocycles. The molecule has 0 saturated carbocycles. The number of rotatable bonds is 4. The molecule has 8 heteroatoms. The van der Waals surface area contributed by atoms with E-state index < -0.39 is 0 Å². The predicted octanol–water partition coefficient (Wildman–Crippen LogP) is 2.41. The van der Waals surface area contributed by atoms with Gasteiger partial charge in [-0.25, -0.2) is 0 Å². The smallest absolute Gasteiger partial charge is 0.265 e. The summed E-state index contributed by atoms with van der Waals surface area (Å²) in [5.74, 6) is 0.908. The van der Waals surface area contributed by atoms with Crippen LogP contribution in [-0.2, 0) is 9.59 Å². The van der Waals surface area contributed by atoms with Crippen LogP contribution >= 0.6 is 0 Å². The number of hydrogen-bond donors (Lipinski definition) is 1. The normalized spacial score (nSPS) is 13.1. The molecule has 2 heterocycles. The second kappa shape index (κ2) is 6.91. The quantitative estimate of drug-likeness (QED) is 0.763. The van der Waals surface area contributed by atoms with Gasteiger partial charge in [0.15, 0.2) is 6.61 Å². The van der Waals surface area contributed by atoms with Crippen molar-refractivity contribution in [3.05, 3.63) is 54.4 Å². The molecule has 0 atom stereocenters. The summed E-state index contributed by atoms with van der Waals surface area (Å²) in [7, 11) is 0. The molecule has 1 aromatic heterocycles. The van der Waals surface area contributed by atoms with Gasteiger partial charge in [0, 0.05) is 18.2 Å². The highest BCUT2D eigenvalue weighted by atomic mass is 16.5. The van der Waals surface area contributed by atoms with E-state index in [1.54, 1.807) is 43.3 Å². The zero-order valence-corrected chi connectivity index (χ0v) is 14.5. The van der Waals surface area contributed by atoms with Gasteiger partial charge in [-0.05, 0) is 24.3 Å². The van der Waals surface area contributed by atoms with E-state index in [0.29, 0.717) is 28.8 Å². The molecule has 1 N–H and O–H groups in total. The van der Waals surface area contributed by atoms with Crippen molar-refractivity contribution in [1.82, 2.24) is 10.1 Å². The van der Waals surface area contributed by atoms with Crippen LogP contribution < -0.4 is 15.0 Å². The minimum absolute atomic E-state index is 0.0864. The number of anilines is 2. The van der Waals surface area contributed by atoms with Gasteiger partial charge in [-0.1, -0.05) is 29.4 Å². The van der Waals surface area contributed by atoms with Gasteiger partial charge in [-0.15, -0.1) is 0 Å². The molecule has 0 spiro atoms. The molecule has 0 aliphatic carbocycles. The molecule has 27 heavy (non-hydrogen) atoms. The lowest BCUT2D eigenvalue weighted by atomic mass is 10.2. The molecule has 1 aliphatic heterocycles. The molecule has 2 amide bonds. The van der Waals surface area contributed by atoms with E-state index in [1.807, 2.05) is 12.1 Å². The number of hydrogen-bond acceptors (Lipinski definition) is 6. The molecule has 3 aromatic rings. The van der Waals surface area contributed by atoms with Crippen molar-refractivity contribution in [2.75, 3.05) is 23.4 Å². The van der Waals surface area contributed by atoms with Crippen LogP contribution in [-0.4, -0.2) is 35.1 Å². The van der Waals surface area contributed by atoms with Gasteiger partial charge in [-0.3, -0.25) is 14.5 Å². The Labute approximate surface area is 154 Å². The summed E-state index contributed by atoms with van der Waals surface area (Å²) in [5, 5.41) is 6.67. The Morgan fingerprint density at radius 2 is 2.07 bits per heavy atom. The number of ether oxygens (including phenoxy) is 1. The summed E-state index contributed by atoms with van der Waals surface area (Å²) in [4.78, 5) is 30.3. The fourth-order valence-corrected chi connectivity index (χ4v) is 2.82. The minimum atomic E-state index is -0.318. The molecule has 1 aliphatic rings. The zero-order chi connectivity index (χ0) is 18.8. The third kappa shape index (κ3) is 3.50. The number of aromatic nitrogens is 2. The van der Waals surface area contributed by atoms with Crippen molar-refractivity contribution in [3.8, 4) is 17.1 Å². The Balaban J connectivity index is 1.50. The summed E-state index contributed by atoms with van der Waals surface area (Å²) in [6.45, 7) is 1.51. The number of carbonyl (C=O) groups is 2. The number of para-hydroxylation sites is 2. The Morgan fingerprint density at radius 3 is 2.89 bits per heavy atom. The van der Waals surface area contributed by atoms with Crippen molar-refractivity contribution in [1.29, 1.82) is 0 Å². The van der Waals surface area contributed by atoms with Gasteiger partial charge < -0.3 is 14.6 Å². The van der Waals surface area contributed by atoms with Crippen LogP contribution in [0.4, 0.5) is 11.4 Å². The van der Waals surface area contributed by atoms with E-state index in [-0.39, 0.29) is 25.0 Å². The number of amides is 2. The molecule has 0 unspecified atom stereocenters. The van der Waals surface area contributed by atoms with E-state index in [0.717, 1.165) is 5.56 Å². The highest BCUT2D eigenvalue weighted by Gasteiger charge is 2.27. The lowest BCUT2D eigenvalue weighted by molar-refractivity contribution is -0.123. The molecule has 0 fully saturated rings. The van der Waals surface area contributed by atoms with Crippen LogP contribution in [0, 0.1) is 6.92 Å². The molecule has 0 bridgehead atoms. The summed E-state index contributed by atoms with van der Waals surface area (Å²) >= 11 is 0. The average Bonchev–Trinajstić information content (AvgIpc) is 3.11. The molecule has 8 nitrogen and oxygen atoms in total. The Bertz CT molecular complexity index is 1010. The monoisotopic (exact) mass is 364 g/mol. The maximum absolute atomic E-state index is 12.5. The molecular weight excluding hydrogens is 348 g/mol. The van der Waals surface area contributed by atoms with Gasteiger partial charge in [0.2, 0.25) is 17.6 Å². The first-order valence-electron chi connectivity index (χ1n) is 8.33. The summed E-state index contributed by atoms with van der Waals surface area (Å²) in [6.07, 6.45) is 0. The third-order valence-electron chi connectivity index (χ3n) is 4.04. The summed E-state index contributed by atoms with van der Waals surface area (Å²) in [6, 6.07) is 14.2. The van der Waals surface area contributed by atoms with E-state index in [1.165, 1.54) is 4.90 Å². The zero-order valence-electron chi connectivity index (χ0n) is 14.5. The van der Waals surface area contributed by atoms with E-state index in [2.05, 4.69) is 15.5 Å². The number of fused-ring (bicyclic) bond motifs is 1. The second-order valence-electron chi connectivity index (χ2n) is 6.00. The van der Waals surface area contributed by atoms with Crippen LogP contribution in [0.15, 0.2) is 53.1 Å². The topological polar surface area (TPSA) is 97.6 Å². The Hall–Kier alpha value is -3.68.